The zero-order chi connectivity index (χ0) is 18.0. The number of aromatic nitrogens is 3. The van der Waals surface area contributed by atoms with Crippen molar-refractivity contribution in [1.29, 1.82) is 0 Å². The van der Waals surface area contributed by atoms with E-state index in [1.807, 2.05) is 22.9 Å². The summed E-state index contributed by atoms with van der Waals surface area (Å²) in [5.74, 6) is 0.622. The molecule has 0 fully saturated rings. The quantitative estimate of drug-likeness (QED) is 0.634. The Morgan fingerprint density at radius 3 is 2.88 bits per heavy atom. The summed E-state index contributed by atoms with van der Waals surface area (Å²) in [5.41, 5.74) is 1.41. The third-order valence-corrected chi connectivity index (χ3v) is 4.84. The van der Waals surface area contributed by atoms with Crippen molar-refractivity contribution in [3.05, 3.63) is 47.0 Å². The lowest BCUT2D eigenvalue weighted by atomic mass is 10.1. The normalized spacial score (nSPS) is 11.8. The fourth-order valence-electron chi connectivity index (χ4n) is 2.38. The maximum atomic E-state index is 10.6. The van der Waals surface area contributed by atoms with Gasteiger partial charge in [-0.05, 0) is 12.1 Å². The van der Waals surface area contributed by atoms with Crippen molar-refractivity contribution < 1.29 is 14.0 Å². The van der Waals surface area contributed by atoms with Crippen LogP contribution in [0.5, 0.6) is 0 Å². The van der Waals surface area contributed by atoms with Gasteiger partial charge in [-0.3, -0.25) is 0 Å². The second-order valence-electron chi connectivity index (χ2n) is 5.22. The number of hydrogen-bond acceptors (Lipinski definition) is 5. The molecule has 25 heavy (non-hydrogen) atoms. The number of imidazole rings is 1. The van der Waals surface area contributed by atoms with E-state index in [-0.39, 0.29) is 6.61 Å². The first-order valence-electron chi connectivity index (χ1n) is 7.24. The minimum Gasteiger partial charge on any atom is -0.357 e. The van der Waals surface area contributed by atoms with Gasteiger partial charge in [0.25, 0.3) is 0 Å². The first-order valence-corrected chi connectivity index (χ1v) is 9.13. The van der Waals surface area contributed by atoms with Crippen LogP contribution in [0.25, 0.3) is 16.6 Å². The third kappa shape index (κ3) is 3.92. The van der Waals surface area contributed by atoms with Gasteiger partial charge in [0.1, 0.15) is 12.4 Å². The molecule has 10 heteroatoms. The number of fused-ring (bicyclic) bond motifs is 1. The second-order valence-corrected chi connectivity index (χ2v) is 6.74. The monoisotopic (exact) mass is 399 g/mol. The summed E-state index contributed by atoms with van der Waals surface area (Å²) in [5, 5.41) is 1.61. The minimum atomic E-state index is -2.62. The van der Waals surface area contributed by atoms with Crippen molar-refractivity contribution in [3.63, 3.8) is 0 Å². The van der Waals surface area contributed by atoms with Crippen LogP contribution < -0.4 is 4.90 Å². The Kier molecular flexibility index (Phi) is 5.51. The summed E-state index contributed by atoms with van der Waals surface area (Å²) >= 11 is 12.5. The summed E-state index contributed by atoms with van der Waals surface area (Å²) in [7, 11) is -0.818. The van der Waals surface area contributed by atoms with Gasteiger partial charge in [0.05, 0.1) is 27.6 Å². The molecule has 3 aromatic rings. The van der Waals surface area contributed by atoms with Crippen LogP contribution in [0.15, 0.2) is 36.9 Å². The second kappa shape index (κ2) is 7.64. The first kappa shape index (κ1) is 18.0. The fraction of sp³-hybridized carbons (Fsp3) is 0.200. The smallest absolute Gasteiger partial charge is 0.357 e. The third-order valence-electron chi connectivity index (χ3n) is 3.64. The van der Waals surface area contributed by atoms with Crippen molar-refractivity contribution in [3.8, 4) is 5.69 Å². The highest BCUT2D eigenvalue weighted by Gasteiger charge is 2.16. The van der Waals surface area contributed by atoms with Crippen molar-refractivity contribution >= 4 is 48.2 Å². The van der Waals surface area contributed by atoms with Crippen LogP contribution in [0.2, 0.25) is 10.0 Å². The Hall–Kier alpha value is -1.76. The first-order chi connectivity index (χ1) is 12.0. The Balaban J connectivity index is 2.07. The Morgan fingerprint density at radius 2 is 2.20 bits per heavy atom. The molecule has 7 nitrogen and oxygen atoms in total. The van der Waals surface area contributed by atoms with Crippen molar-refractivity contribution in [2.45, 2.75) is 0 Å². The van der Waals surface area contributed by atoms with Crippen LogP contribution in [0, 0.1) is 0 Å². The van der Waals surface area contributed by atoms with E-state index in [2.05, 4.69) is 9.97 Å². The highest BCUT2D eigenvalue weighted by atomic mass is 35.5. The molecule has 0 saturated carbocycles. The van der Waals surface area contributed by atoms with Crippen LogP contribution in [0.4, 0.5) is 5.82 Å². The highest BCUT2D eigenvalue weighted by Crippen LogP contribution is 2.34. The Morgan fingerprint density at radius 1 is 1.40 bits per heavy atom. The van der Waals surface area contributed by atoms with Crippen LogP contribution in [0.1, 0.15) is 0 Å². The fourth-order valence-corrected chi connectivity index (χ4v) is 2.98. The molecule has 0 aliphatic rings. The van der Waals surface area contributed by atoms with Gasteiger partial charge in [-0.2, -0.15) is 0 Å². The number of halogens is 2. The van der Waals surface area contributed by atoms with Gasteiger partial charge in [-0.15, -0.1) is 9.42 Å². The van der Waals surface area contributed by atoms with Crippen molar-refractivity contribution in [2.75, 3.05) is 25.1 Å². The number of benzene rings is 1. The Labute approximate surface area is 154 Å². The number of pyridine rings is 1. The van der Waals surface area contributed by atoms with Gasteiger partial charge in [-0.25, -0.2) is 9.97 Å². The lowest BCUT2D eigenvalue weighted by Crippen LogP contribution is -2.23. The Bertz CT molecular complexity index is 921. The maximum absolute atomic E-state index is 10.6. The molecule has 3 rings (SSSR count). The average Bonchev–Trinajstić information content (AvgIpc) is 3.11. The molecule has 0 radical (unpaired) electrons. The predicted molar refractivity (Wildman–Crippen MR) is 97.9 cm³/mol. The van der Waals surface area contributed by atoms with E-state index < -0.39 is 8.25 Å². The van der Waals surface area contributed by atoms with Crippen LogP contribution in [-0.2, 0) is 9.09 Å². The molecule has 2 aromatic heterocycles. The largest absolute Gasteiger partial charge is 0.694 e. The predicted octanol–water partition coefficient (Wildman–Crippen LogP) is 3.83. The number of anilines is 1. The molecule has 1 atom stereocenters. The van der Waals surface area contributed by atoms with Gasteiger partial charge in [-0.1, -0.05) is 23.2 Å². The van der Waals surface area contributed by atoms with Gasteiger partial charge < -0.3 is 9.47 Å². The summed E-state index contributed by atoms with van der Waals surface area (Å²) in [6.45, 7) is 0.466. The van der Waals surface area contributed by atoms with E-state index in [1.165, 1.54) is 0 Å². The minimum absolute atomic E-state index is 0.0889. The SMILES string of the molecule is CN(CCO[P+](=O)O)c1cc(-n2ccnc2)c2ccc(Cl)c(Cl)c2n1. The van der Waals surface area contributed by atoms with E-state index in [9.17, 15) is 4.57 Å². The van der Waals surface area contributed by atoms with Gasteiger partial charge in [0.2, 0.25) is 0 Å². The molecular weight excluding hydrogens is 386 g/mol. The summed E-state index contributed by atoms with van der Waals surface area (Å²) < 4.78 is 17.2. The molecule has 130 valence electrons. The van der Waals surface area contributed by atoms with Crippen molar-refractivity contribution in [2.24, 2.45) is 0 Å². The number of hydrogen-bond donors (Lipinski definition) is 1. The number of nitrogens with zero attached hydrogens (tertiary/aromatic N) is 4. The lowest BCUT2D eigenvalue weighted by Gasteiger charge is -2.19. The molecule has 1 aromatic carbocycles. The molecule has 0 aliphatic carbocycles. The molecule has 2 heterocycles. The topological polar surface area (TPSA) is 80.5 Å². The van der Waals surface area contributed by atoms with Crippen molar-refractivity contribution in [1.82, 2.24) is 14.5 Å². The zero-order valence-corrected chi connectivity index (χ0v) is 15.5. The molecule has 0 spiro atoms. The van der Waals surface area contributed by atoms with Crippen LogP contribution in [-0.4, -0.2) is 39.6 Å². The van der Waals surface area contributed by atoms with Gasteiger partial charge in [0, 0.05) is 42.0 Å². The highest BCUT2D eigenvalue weighted by molar-refractivity contribution is 7.32. The van der Waals surface area contributed by atoms with Crippen LogP contribution in [0.3, 0.4) is 0 Å². The van der Waals surface area contributed by atoms with Crippen LogP contribution >= 0.6 is 31.5 Å². The molecule has 0 saturated heterocycles. The molecule has 0 amide bonds. The summed E-state index contributed by atoms with van der Waals surface area (Å²) in [6.07, 6.45) is 5.18. The summed E-state index contributed by atoms with van der Waals surface area (Å²) in [4.78, 5) is 19.2. The van der Waals surface area contributed by atoms with E-state index in [1.54, 1.807) is 30.5 Å². The molecule has 0 bridgehead atoms. The van der Waals surface area contributed by atoms with E-state index in [0.29, 0.717) is 27.9 Å². The zero-order valence-electron chi connectivity index (χ0n) is 13.1. The number of rotatable bonds is 6. The molecule has 1 unspecified atom stereocenters. The van der Waals surface area contributed by atoms with Gasteiger partial charge >= 0.3 is 8.25 Å². The average molecular weight is 400 g/mol. The molecule has 1 N–H and O–H groups in total. The standard InChI is InChI=1S/C15H13Cl2N4O3P/c1-20(6-7-24-25(22)23)13-8-12(21-5-4-18-9-21)10-2-3-11(16)14(17)15(10)19-13/h2-5,8-9H,6-7H2,1H3/p+1. The van der Waals surface area contributed by atoms with E-state index in [0.717, 1.165) is 11.1 Å². The number of likely N-dealkylation sites (N-methyl/N-ethyl adjacent to an activating group) is 1. The lowest BCUT2D eigenvalue weighted by molar-refractivity contribution is 0.288. The van der Waals surface area contributed by atoms with E-state index >= 15 is 0 Å². The molecular formula is C15H14Cl2N4O3P+. The summed E-state index contributed by atoms with van der Waals surface area (Å²) in [6, 6.07) is 5.46. The van der Waals surface area contributed by atoms with Gasteiger partial charge in [0.15, 0.2) is 0 Å². The maximum Gasteiger partial charge on any atom is 0.694 e. The molecule has 0 aliphatic heterocycles. The van der Waals surface area contributed by atoms with E-state index in [4.69, 9.17) is 32.6 Å².